The van der Waals surface area contributed by atoms with Gasteiger partial charge < -0.3 is 16.2 Å². The lowest BCUT2D eigenvalue weighted by Crippen LogP contribution is -2.20. The lowest BCUT2D eigenvalue weighted by molar-refractivity contribution is -0.137. The van der Waals surface area contributed by atoms with Crippen LogP contribution >= 0.6 is 0 Å². The molecule has 0 fully saturated rings. The summed E-state index contributed by atoms with van der Waals surface area (Å²) in [5.74, 6) is -2.02. The smallest absolute Gasteiger partial charge is 0.303 e. The maximum absolute atomic E-state index is 13.1. The molecule has 0 saturated carbocycles. The molecule has 0 radical (unpaired) electrons. The number of hydrogen-bond acceptors (Lipinski definition) is 3. The summed E-state index contributed by atoms with van der Waals surface area (Å²) in [6, 6.07) is 3.82. The Morgan fingerprint density at radius 3 is 2.57 bits per heavy atom. The molecule has 21 heavy (non-hydrogen) atoms. The fourth-order valence-corrected chi connectivity index (χ4v) is 1.98. The summed E-state index contributed by atoms with van der Waals surface area (Å²) >= 11 is 0. The molecule has 0 atom stereocenters. The first kappa shape index (κ1) is 16.9. The molecule has 0 aliphatic rings. The molecule has 1 rings (SSSR count). The van der Waals surface area contributed by atoms with Crippen molar-refractivity contribution >= 4 is 17.6 Å². The summed E-state index contributed by atoms with van der Waals surface area (Å²) < 4.78 is 13.1. The van der Waals surface area contributed by atoms with Gasteiger partial charge in [0.05, 0.1) is 5.56 Å². The summed E-state index contributed by atoms with van der Waals surface area (Å²) in [6.45, 7) is 4.51. The highest BCUT2D eigenvalue weighted by molar-refractivity contribution is 5.98. The zero-order valence-electron chi connectivity index (χ0n) is 12.3. The highest BCUT2D eigenvalue weighted by Gasteiger charge is 2.19. The van der Waals surface area contributed by atoms with E-state index in [9.17, 15) is 14.0 Å². The normalized spacial score (nSPS) is 11.2. The summed E-state index contributed by atoms with van der Waals surface area (Å²) in [5.41, 5.74) is 5.66. The highest BCUT2D eigenvalue weighted by Crippen LogP contribution is 2.27. The van der Waals surface area contributed by atoms with Gasteiger partial charge in [0, 0.05) is 18.7 Å². The van der Waals surface area contributed by atoms with Crippen LogP contribution in [0.25, 0.3) is 0 Å². The zero-order chi connectivity index (χ0) is 16.0. The van der Waals surface area contributed by atoms with Crippen LogP contribution in [0.1, 0.15) is 43.5 Å². The molecule has 1 aromatic rings. The number of carbonyl (C=O) groups excluding carboxylic acids is 1. The third-order valence-corrected chi connectivity index (χ3v) is 3.38. The number of nitrogens with two attached hydrogens (primary N) is 1. The van der Waals surface area contributed by atoms with Gasteiger partial charge in [0.15, 0.2) is 0 Å². The molecule has 116 valence electrons. The first-order valence-electron chi connectivity index (χ1n) is 6.76. The second-order valence-electron chi connectivity index (χ2n) is 5.79. The lowest BCUT2D eigenvalue weighted by Gasteiger charge is -2.24. The van der Waals surface area contributed by atoms with Gasteiger partial charge in [-0.2, -0.15) is 0 Å². The molecule has 1 aromatic carbocycles. The van der Waals surface area contributed by atoms with E-state index in [1.165, 1.54) is 12.1 Å². The maximum Gasteiger partial charge on any atom is 0.303 e. The van der Waals surface area contributed by atoms with Crippen molar-refractivity contribution in [3.05, 3.63) is 29.6 Å². The topological polar surface area (TPSA) is 92.4 Å². The van der Waals surface area contributed by atoms with Crippen LogP contribution in [0.3, 0.4) is 0 Å². The lowest BCUT2D eigenvalue weighted by atomic mass is 9.84. The first-order valence-corrected chi connectivity index (χ1v) is 6.76. The van der Waals surface area contributed by atoms with Crippen molar-refractivity contribution in [3.8, 4) is 0 Å². The fraction of sp³-hybridized carbons (Fsp3) is 0.467. The highest BCUT2D eigenvalue weighted by atomic mass is 19.1. The van der Waals surface area contributed by atoms with Gasteiger partial charge in [-0.25, -0.2) is 4.39 Å². The number of aliphatic carboxylic acids is 1. The fourth-order valence-electron chi connectivity index (χ4n) is 1.98. The van der Waals surface area contributed by atoms with E-state index in [0.717, 1.165) is 12.5 Å². The number of rotatable bonds is 8. The Bertz CT molecular complexity index is 530. The van der Waals surface area contributed by atoms with Crippen LogP contribution in [0.5, 0.6) is 0 Å². The first-order chi connectivity index (χ1) is 9.71. The van der Waals surface area contributed by atoms with E-state index in [4.69, 9.17) is 10.8 Å². The third-order valence-electron chi connectivity index (χ3n) is 3.38. The SMILES string of the molecule is CC(C)(CCNc1ccc(F)cc1C(N)=O)CCC(=O)O. The van der Waals surface area contributed by atoms with Crippen LogP contribution in [0.15, 0.2) is 18.2 Å². The van der Waals surface area contributed by atoms with Crippen molar-refractivity contribution in [2.45, 2.75) is 33.1 Å². The van der Waals surface area contributed by atoms with E-state index < -0.39 is 17.7 Å². The van der Waals surface area contributed by atoms with E-state index in [2.05, 4.69) is 5.32 Å². The number of nitrogens with one attached hydrogen (secondary N) is 1. The minimum Gasteiger partial charge on any atom is -0.481 e. The third kappa shape index (κ3) is 5.81. The van der Waals surface area contributed by atoms with Gasteiger partial charge >= 0.3 is 5.97 Å². The molecule has 0 aromatic heterocycles. The second-order valence-corrected chi connectivity index (χ2v) is 5.79. The zero-order valence-corrected chi connectivity index (χ0v) is 12.3. The quantitative estimate of drug-likeness (QED) is 0.687. The number of hydrogen-bond donors (Lipinski definition) is 3. The molecule has 0 spiro atoms. The number of amides is 1. The van der Waals surface area contributed by atoms with E-state index in [-0.39, 0.29) is 17.4 Å². The van der Waals surface area contributed by atoms with Gasteiger partial charge in [-0.05, 0) is 36.5 Å². The number of halogens is 1. The predicted molar refractivity (Wildman–Crippen MR) is 78.7 cm³/mol. The average Bonchev–Trinajstić information content (AvgIpc) is 2.38. The van der Waals surface area contributed by atoms with Gasteiger partial charge in [0.2, 0.25) is 0 Å². The molecular formula is C15H21FN2O3. The van der Waals surface area contributed by atoms with Crippen molar-refractivity contribution < 1.29 is 19.1 Å². The predicted octanol–water partition coefficient (Wildman–Crippen LogP) is 2.62. The van der Waals surface area contributed by atoms with E-state index in [0.29, 0.717) is 18.7 Å². The molecule has 0 aliphatic carbocycles. The molecule has 5 nitrogen and oxygen atoms in total. The molecule has 0 saturated heterocycles. The monoisotopic (exact) mass is 296 g/mol. The molecule has 0 heterocycles. The Kier molecular flexibility index (Phi) is 5.69. The Balaban J connectivity index is 2.60. The van der Waals surface area contributed by atoms with Gasteiger partial charge in [-0.3, -0.25) is 9.59 Å². The molecule has 1 amide bonds. The molecule has 4 N–H and O–H groups in total. The number of carbonyl (C=O) groups is 2. The van der Waals surface area contributed by atoms with Crippen molar-refractivity contribution in [1.29, 1.82) is 0 Å². The van der Waals surface area contributed by atoms with Gasteiger partial charge in [0.25, 0.3) is 5.91 Å². The Labute approximate surface area is 123 Å². The van der Waals surface area contributed by atoms with Gasteiger partial charge in [-0.1, -0.05) is 13.8 Å². The molecule has 0 unspecified atom stereocenters. The van der Waals surface area contributed by atoms with Crippen LogP contribution in [0, 0.1) is 11.2 Å². The van der Waals surface area contributed by atoms with Gasteiger partial charge in [-0.15, -0.1) is 0 Å². The Hall–Kier alpha value is -2.11. The van der Waals surface area contributed by atoms with E-state index in [1.807, 2.05) is 13.8 Å². The largest absolute Gasteiger partial charge is 0.481 e. The maximum atomic E-state index is 13.1. The summed E-state index contributed by atoms with van der Waals surface area (Å²) in [6.07, 6.45) is 1.40. The van der Waals surface area contributed by atoms with Gasteiger partial charge in [0.1, 0.15) is 5.82 Å². The van der Waals surface area contributed by atoms with Crippen molar-refractivity contribution in [2.24, 2.45) is 11.1 Å². The van der Waals surface area contributed by atoms with Crippen LogP contribution in [-0.4, -0.2) is 23.5 Å². The van der Waals surface area contributed by atoms with Crippen LogP contribution < -0.4 is 11.1 Å². The number of benzene rings is 1. The molecule has 0 bridgehead atoms. The number of primary amides is 1. The van der Waals surface area contributed by atoms with Crippen molar-refractivity contribution in [3.63, 3.8) is 0 Å². The van der Waals surface area contributed by atoms with Crippen molar-refractivity contribution in [2.75, 3.05) is 11.9 Å². The molecule has 0 aliphatic heterocycles. The van der Waals surface area contributed by atoms with Crippen LogP contribution in [-0.2, 0) is 4.79 Å². The summed E-state index contributed by atoms with van der Waals surface area (Å²) in [5, 5.41) is 11.8. The van der Waals surface area contributed by atoms with Crippen LogP contribution in [0.2, 0.25) is 0 Å². The summed E-state index contributed by atoms with van der Waals surface area (Å²) in [7, 11) is 0. The second kappa shape index (κ2) is 7.06. The van der Waals surface area contributed by atoms with Crippen molar-refractivity contribution in [1.82, 2.24) is 0 Å². The number of carboxylic acids is 1. The average molecular weight is 296 g/mol. The molecule has 6 heteroatoms. The standard InChI is InChI=1S/C15H21FN2O3/c1-15(2,6-5-13(19)20)7-8-18-12-4-3-10(16)9-11(12)14(17)21/h3-4,9,18H,5-8H2,1-2H3,(H2,17,21)(H,19,20). The number of anilines is 1. The Morgan fingerprint density at radius 2 is 2.00 bits per heavy atom. The van der Waals surface area contributed by atoms with E-state index >= 15 is 0 Å². The Morgan fingerprint density at radius 1 is 1.33 bits per heavy atom. The summed E-state index contributed by atoms with van der Waals surface area (Å²) in [4.78, 5) is 21.9. The van der Waals surface area contributed by atoms with E-state index in [1.54, 1.807) is 0 Å². The van der Waals surface area contributed by atoms with Crippen LogP contribution in [0.4, 0.5) is 10.1 Å². The molecular weight excluding hydrogens is 275 g/mol. The minimum atomic E-state index is -0.814. The number of carboxylic acid groups (broad SMARTS) is 1. The minimum absolute atomic E-state index is 0.110.